The van der Waals surface area contributed by atoms with Crippen LogP contribution in [0.25, 0.3) is 0 Å². The zero-order valence-electron chi connectivity index (χ0n) is 9.87. The van der Waals surface area contributed by atoms with E-state index in [1.165, 1.54) is 18.2 Å². The largest absolute Gasteiger partial charge is 0.240 e. The molecule has 0 aromatic heterocycles. The first-order chi connectivity index (χ1) is 9.31. The van der Waals surface area contributed by atoms with E-state index in [-0.39, 0.29) is 0 Å². The lowest BCUT2D eigenvalue weighted by Crippen LogP contribution is -2.22. The Hall–Kier alpha value is -2.64. The summed E-state index contributed by atoms with van der Waals surface area (Å²) in [5, 5.41) is 0. The Balaban J connectivity index is 2.57. The fourth-order valence-electron chi connectivity index (χ4n) is 2.37. The van der Waals surface area contributed by atoms with Crippen LogP contribution in [-0.4, -0.2) is 24.3 Å². The molecule has 1 aliphatic carbocycles. The summed E-state index contributed by atoms with van der Waals surface area (Å²) in [6, 6.07) is 4.16. The first-order valence-corrected chi connectivity index (χ1v) is 5.65. The van der Waals surface area contributed by atoms with Crippen molar-refractivity contribution in [3.8, 4) is 0 Å². The molecule has 0 spiro atoms. The van der Waals surface area contributed by atoms with Crippen molar-refractivity contribution in [2.75, 3.05) is 0 Å². The maximum Gasteiger partial charge on any atom is 0.240 e. The number of hydrogen-bond acceptors (Lipinski definition) is 6. The third-order valence-electron chi connectivity index (χ3n) is 3.14. The second kappa shape index (κ2) is 5.80. The zero-order valence-corrected chi connectivity index (χ0v) is 9.87. The number of rotatable bonds is 3. The maximum absolute atomic E-state index is 10.5. The minimum atomic E-state index is -0.579. The lowest BCUT2D eigenvalue weighted by atomic mass is 9.84. The number of nitrogens with zero attached hydrogens (tertiary/aromatic N) is 3. The number of aliphatic imine (C=N–C) groups is 3. The van der Waals surface area contributed by atoms with Gasteiger partial charge in [0.25, 0.3) is 0 Å². The molecule has 0 aliphatic heterocycles. The lowest BCUT2D eigenvalue weighted by Gasteiger charge is -2.27. The molecule has 6 nitrogen and oxygen atoms in total. The van der Waals surface area contributed by atoms with Gasteiger partial charge in [-0.1, -0.05) is 12.1 Å². The molecular formula is C13H9N3O3. The summed E-state index contributed by atoms with van der Waals surface area (Å²) in [6.45, 7) is 0. The average Bonchev–Trinajstić information content (AvgIpc) is 2.42. The van der Waals surface area contributed by atoms with Gasteiger partial charge in [0.15, 0.2) is 0 Å². The first kappa shape index (κ1) is 12.8. The van der Waals surface area contributed by atoms with Crippen molar-refractivity contribution in [2.45, 2.75) is 24.9 Å². The standard InChI is InChI=1S/C13H9N3O3/c17-6-14-11-3-1-2-10-9(11)4-5-12(15-7-18)13(10)16-8-19/h1-3,12-13H,4-5H2. The second-order valence-electron chi connectivity index (χ2n) is 4.04. The van der Waals surface area contributed by atoms with Crippen molar-refractivity contribution >= 4 is 23.9 Å². The number of fused-ring (bicyclic) bond motifs is 1. The number of isocyanates is 3. The normalized spacial score (nSPS) is 20.2. The summed E-state index contributed by atoms with van der Waals surface area (Å²) in [4.78, 5) is 42.3. The molecule has 19 heavy (non-hydrogen) atoms. The fourth-order valence-corrected chi connectivity index (χ4v) is 2.37. The molecule has 0 bridgehead atoms. The summed E-state index contributed by atoms with van der Waals surface area (Å²) in [5.41, 5.74) is 2.06. The molecule has 0 N–H and O–H groups in total. The van der Waals surface area contributed by atoms with Crippen LogP contribution < -0.4 is 0 Å². The van der Waals surface area contributed by atoms with Gasteiger partial charge in [0.1, 0.15) is 6.04 Å². The highest BCUT2D eigenvalue weighted by molar-refractivity contribution is 5.58. The highest BCUT2D eigenvalue weighted by Gasteiger charge is 2.30. The number of hydrogen-bond donors (Lipinski definition) is 0. The highest BCUT2D eigenvalue weighted by atomic mass is 16.1. The molecule has 94 valence electrons. The van der Waals surface area contributed by atoms with Crippen molar-refractivity contribution < 1.29 is 14.4 Å². The van der Waals surface area contributed by atoms with Crippen LogP contribution in [0.5, 0.6) is 0 Å². The molecule has 1 aromatic rings. The molecule has 0 heterocycles. The van der Waals surface area contributed by atoms with E-state index < -0.39 is 12.1 Å². The molecule has 2 unspecified atom stereocenters. The summed E-state index contributed by atoms with van der Waals surface area (Å²) in [7, 11) is 0. The smallest absolute Gasteiger partial charge is 0.211 e. The SMILES string of the molecule is O=C=Nc1cccc2c1CCC(N=C=O)C2N=C=O. The van der Waals surface area contributed by atoms with E-state index in [0.717, 1.165) is 11.1 Å². The number of carbonyl (C=O) groups excluding carboxylic acids is 3. The minimum Gasteiger partial charge on any atom is -0.211 e. The molecule has 2 atom stereocenters. The van der Waals surface area contributed by atoms with Crippen LogP contribution in [0.3, 0.4) is 0 Å². The monoisotopic (exact) mass is 255 g/mol. The van der Waals surface area contributed by atoms with Crippen LogP contribution in [0.15, 0.2) is 33.2 Å². The van der Waals surface area contributed by atoms with Crippen LogP contribution >= 0.6 is 0 Å². The van der Waals surface area contributed by atoms with Gasteiger partial charge >= 0.3 is 0 Å². The average molecular weight is 255 g/mol. The van der Waals surface area contributed by atoms with Crippen LogP contribution in [0.4, 0.5) is 5.69 Å². The topological polar surface area (TPSA) is 88.3 Å². The Kier molecular flexibility index (Phi) is 3.91. The zero-order chi connectivity index (χ0) is 13.7. The van der Waals surface area contributed by atoms with Crippen LogP contribution in [0, 0.1) is 0 Å². The van der Waals surface area contributed by atoms with E-state index in [1.807, 2.05) is 0 Å². The van der Waals surface area contributed by atoms with Gasteiger partial charge in [-0.25, -0.2) is 14.4 Å². The van der Waals surface area contributed by atoms with Gasteiger partial charge in [-0.2, -0.15) is 15.0 Å². The van der Waals surface area contributed by atoms with Gasteiger partial charge in [-0.15, -0.1) is 0 Å². The Labute approximate surface area is 108 Å². The summed E-state index contributed by atoms with van der Waals surface area (Å²) < 4.78 is 0. The molecule has 2 rings (SSSR count). The summed E-state index contributed by atoms with van der Waals surface area (Å²) in [6.07, 6.45) is 5.62. The first-order valence-electron chi connectivity index (χ1n) is 5.65. The molecule has 0 saturated carbocycles. The van der Waals surface area contributed by atoms with E-state index in [1.54, 1.807) is 18.2 Å². The molecular weight excluding hydrogens is 246 g/mol. The van der Waals surface area contributed by atoms with E-state index in [4.69, 9.17) is 0 Å². The molecule has 1 aliphatic rings. The predicted molar refractivity (Wildman–Crippen MR) is 65.3 cm³/mol. The van der Waals surface area contributed by atoms with Crippen molar-refractivity contribution in [1.29, 1.82) is 0 Å². The van der Waals surface area contributed by atoms with Crippen LogP contribution in [0.1, 0.15) is 23.6 Å². The summed E-state index contributed by atoms with van der Waals surface area (Å²) in [5.74, 6) is 0. The van der Waals surface area contributed by atoms with Gasteiger partial charge in [-0.05, 0) is 30.0 Å². The number of benzene rings is 1. The summed E-state index contributed by atoms with van der Waals surface area (Å²) >= 11 is 0. The predicted octanol–water partition coefficient (Wildman–Crippen LogP) is 1.68. The molecule has 1 aromatic carbocycles. The van der Waals surface area contributed by atoms with Crippen LogP contribution in [-0.2, 0) is 20.8 Å². The van der Waals surface area contributed by atoms with Crippen molar-refractivity contribution in [1.82, 2.24) is 0 Å². The molecule has 6 heteroatoms. The Morgan fingerprint density at radius 1 is 1.05 bits per heavy atom. The molecule has 0 radical (unpaired) electrons. The van der Waals surface area contributed by atoms with Crippen molar-refractivity contribution in [3.05, 3.63) is 29.3 Å². The molecule has 0 fully saturated rings. The quantitative estimate of drug-likeness (QED) is 0.608. The Morgan fingerprint density at radius 2 is 1.84 bits per heavy atom. The maximum atomic E-state index is 10.5. The van der Waals surface area contributed by atoms with E-state index in [2.05, 4.69) is 15.0 Å². The van der Waals surface area contributed by atoms with E-state index >= 15 is 0 Å². The van der Waals surface area contributed by atoms with Crippen molar-refractivity contribution in [3.63, 3.8) is 0 Å². The van der Waals surface area contributed by atoms with E-state index in [9.17, 15) is 14.4 Å². The van der Waals surface area contributed by atoms with Gasteiger partial charge in [-0.3, -0.25) is 0 Å². The lowest BCUT2D eigenvalue weighted by molar-refractivity contribution is 0.472. The Morgan fingerprint density at radius 3 is 2.53 bits per heavy atom. The van der Waals surface area contributed by atoms with Crippen LogP contribution in [0.2, 0.25) is 0 Å². The van der Waals surface area contributed by atoms with Gasteiger partial charge in [0.2, 0.25) is 18.2 Å². The van der Waals surface area contributed by atoms with Gasteiger partial charge in [0.05, 0.1) is 11.7 Å². The molecule has 0 saturated heterocycles. The van der Waals surface area contributed by atoms with Crippen molar-refractivity contribution in [2.24, 2.45) is 15.0 Å². The third-order valence-corrected chi connectivity index (χ3v) is 3.14. The Bertz CT molecular complexity index is 637. The molecule has 0 amide bonds. The van der Waals surface area contributed by atoms with Gasteiger partial charge in [0, 0.05) is 0 Å². The van der Waals surface area contributed by atoms with Gasteiger partial charge < -0.3 is 0 Å². The fraction of sp³-hybridized carbons (Fsp3) is 0.308. The second-order valence-corrected chi connectivity index (χ2v) is 4.04. The van der Waals surface area contributed by atoms with E-state index in [0.29, 0.717) is 18.5 Å². The highest BCUT2D eigenvalue weighted by Crippen LogP contribution is 2.38. The minimum absolute atomic E-state index is 0.429. The third kappa shape index (κ3) is 2.46.